The van der Waals surface area contributed by atoms with Crippen LogP contribution in [0.3, 0.4) is 0 Å². The van der Waals surface area contributed by atoms with Crippen LogP contribution in [0, 0.1) is 13.8 Å². The van der Waals surface area contributed by atoms with Gasteiger partial charge in [-0.2, -0.15) is 5.10 Å². The lowest BCUT2D eigenvalue weighted by Gasteiger charge is -2.03. The zero-order valence-corrected chi connectivity index (χ0v) is 14.9. The van der Waals surface area contributed by atoms with E-state index >= 15 is 0 Å². The zero-order valence-electron chi connectivity index (χ0n) is 14.1. The van der Waals surface area contributed by atoms with Gasteiger partial charge in [0.25, 0.3) is 0 Å². The summed E-state index contributed by atoms with van der Waals surface area (Å²) in [4.78, 5) is 12.0. The minimum atomic E-state index is 0. The molecule has 0 spiro atoms. The molecule has 0 unspecified atom stereocenters. The summed E-state index contributed by atoms with van der Waals surface area (Å²) in [5.41, 5.74) is 3.98. The molecule has 3 heterocycles. The summed E-state index contributed by atoms with van der Waals surface area (Å²) in [6.45, 7) is 7.04. The molecule has 132 valence electrons. The van der Waals surface area contributed by atoms with Crippen molar-refractivity contribution in [2.24, 2.45) is 0 Å². The number of aryl methyl sites for hydroxylation is 3. The molecule has 0 aliphatic carbocycles. The predicted octanol–water partition coefficient (Wildman–Crippen LogP) is 1.65. The van der Waals surface area contributed by atoms with E-state index in [0.29, 0.717) is 19.4 Å². The number of hydrogen-bond acceptors (Lipinski definition) is 5. The highest BCUT2D eigenvalue weighted by atomic mass is 35.5. The van der Waals surface area contributed by atoms with Gasteiger partial charge in [-0.25, -0.2) is 0 Å². The fourth-order valence-corrected chi connectivity index (χ4v) is 2.88. The molecule has 1 aliphatic heterocycles. The quantitative estimate of drug-likeness (QED) is 0.853. The average Bonchev–Trinajstić information content (AvgIpc) is 2.99. The SMILES string of the molecule is Cc1noc(C)c1CCC(=O)NCc1cc2n(n1)CCCNC2.Cl. The molecule has 8 heteroatoms. The number of carbonyl (C=O) groups excluding carboxylic acids is 1. The van der Waals surface area contributed by atoms with Crippen molar-refractivity contribution in [1.29, 1.82) is 0 Å². The Bertz CT molecular complexity index is 652. The van der Waals surface area contributed by atoms with Crippen LogP contribution < -0.4 is 10.6 Å². The summed E-state index contributed by atoms with van der Waals surface area (Å²) < 4.78 is 7.15. The van der Waals surface area contributed by atoms with Gasteiger partial charge in [0.05, 0.1) is 23.6 Å². The van der Waals surface area contributed by atoms with E-state index in [2.05, 4.69) is 27.0 Å². The van der Waals surface area contributed by atoms with Gasteiger partial charge in [0.15, 0.2) is 0 Å². The van der Waals surface area contributed by atoms with E-state index in [1.807, 2.05) is 18.5 Å². The third kappa shape index (κ3) is 4.36. The first kappa shape index (κ1) is 18.5. The van der Waals surface area contributed by atoms with Crippen LogP contribution in [0.25, 0.3) is 0 Å². The molecule has 0 radical (unpaired) electrons. The summed E-state index contributed by atoms with van der Waals surface area (Å²) in [5.74, 6) is 0.812. The number of nitrogens with one attached hydrogen (secondary N) is 2. The van der Waals surface area contributed by atoms with Gasteiger partial charge in [-0.15, -0.1) is 12.4 Å². The van der Waals surface area contributed by atoms with Gasteiger partial charge in [-0.05, 0) is 39.3 Å². The maximum absolute atomic E-state index is 12.0. The minimum Gasteiger partial charge on any atom is -0.361 e. The van der Waals surface area contributed by atoms with Crippen LogP contribution >= 0.6 is 12.4 Å². The van der Waals surface area contributed by atoms with E-state index < -0.39 is 0 Å². The van der Waals surface area contributed by atoms with Crippen molar-refractivity contribution in [3.8, 4) is 0 Å². The fraction of sp³-hybridized carbons (Fsp3) is 0.562. The van der Waals surface area contributed by atoms with Crippen molar-refractivity contribution < 1.29 is 9.32 Å². The van der Waals surface area contributed by atoms with Crippen LogP contribution in [-0.4, -0.2) is 27.4 Å². The smallest absolute Gasteiger partial charge is 0.220 e. The average molecular weight is 354 g/mol. The lowest BCUT2D eigenvalue weighted by atomic mass is 10.1. The summed E-state index contributed by atoms with van der Waals surface area (Å²) in [6, 6.07) is 2.06. The predicted molar refractivity (Wildman–Crippen MR) is 91.9 cm³/mol. The van der Waals surface area contributed by atoms with Crippen LogP contribution in [0.1, 0.15) is 41.2 Å². The largest absolute Gasteiger partial charge is 0.361 e. The van der Waals surface area contributed by atoms with Crippen molar-refractivity contribution in [1.82, 2.24) is 25.6 Å². The third-order valence-electron chi connectivity index (χ3n) is 4.19. The molecule has 0 bridgehead atoms. The van der Waals surface area contributed by atoms with Crippen LogP contribution in [0.5, 0.6) is 0 Å². The number of fused-ring (bicyclic) bond motifs is 1. The maximum atomic E-state index is 12.0. The number of rotatable bonds is 5. The molecule has 0 saturated carbocycles. The number of hydrogen-bond donors (Lipinski definition) is 2. The van der Waals surface area contributed by atoms with Gasteiger partial charge in [0.1, 0.15) is 5.76 Å². The standard InChI is InChI=1S/C16H23N5O2.ClH/c1-11-15(12(2)23-20-11)4-5-16(22)18-9-13-8-14-10-17-6-3-7-21(14)19-13;/h8,17H,3-7,9-10H2,1-2H3,(H,18,22);1H. The van der Waals surface area contributed by atoms with Crippen molar-refractivity contribution in [2.45, 2.75) is 52.7 Å². The molecule has 0 atom stereocenters. The molecule has 2 aromatic heterocycles. The molecule has 1 aliphatic rings. The molecule has 3 rings (SSSR count). The first-order valence-corrected chi connectivity index (χ1v) is 8.08. The first-order valence-electron chi connectivity index (χ1n) is 8.08. The molecular weight excluding hydrogens is 330 g/mol. The second-order valence-corrected chi connectivity index (χ2v) is 5.96. The number of amides is 1. The van der Waals surface area contributed by atoms with E-state index in [4.69, 9.17) is 4.52 Å². The molecule has 0 fully saturated rings. The molecule has 2 N–H and O–H groups in total. The van der Waals surface area contributed by atoms with Crippen molar-refractivity contribution in [2.75, 3.05) is 6.54 Å². The topological polar surface area (TPSA) is 85.0 Å². The van der Waals surface area contributed by atoms with Crippen LogP contribution in [0.4, 0.5) is 0 Å². The lowest BCUT2D eigenvalue weighted by Crippen LogP contribution is -2.23. The molecule has 0 aromatic carbocycles. The normalized spacial score (nSPS) is 13.8. The first-order chi connectivity index (χ1) is 11.1. The van der Waals surface area contributed by atoms with E-state index in [1.54, 1.807) is 0 Å². The Labute approximate surface area is 147 Å². The Balaban J connectivity index is 0.00000208. The molecule has 1 amide bonds. The third-order valence-corrected chi connectivity index (χ3v) is 4.19. The minimum absolute atomic E-state index is 0. The fourth-order valence-electron chi connectivity index (χ4n) is 2.88. The Kier molecular flexibility index (Phi) is 6.39. The maximum Gasteiger partial charge on any atom is 0.220 e. The van der Waals surface area contributed by atoms with E-state index in [-0.39, 0.29) is 18.3 Å². The van der Waals surface area contributed by atoms with Crippen molar-refractivity contribution in [3.63, 3.8) is 0 Å². The molecule has 24 heavy (non-hydrogen) atoms. The van der Waals surface area contributed by atoms with Gasteiger partial charge in [0, 0.05) is 25.1 Å². The van der Waals surface area contributed by atoms with Gasteiger partial charge >= 0.3 is 0 Å². The van der Waals surface area contributed by atoms with E-state index in [0.717, 1.165) is 48.8 Å². The second kappa shape index (κ2) is 8.30. The summed E-state index contributed by atoms with van der Waals surface area (Å²) >= 11 is 0. The Morgan fingerprint density at radius 2 is 2.29 bits per heavy atom. The summed E-state index contributed by atoms with van der Waals surface area (Å²) in [7, 11) is 0. The van der Waals surface area contributed by atoms with Crippen molar-refractivity contribution in [3.05, 3.63) is 34.5 Å². The Morgan fingerprint density at radius 1 is 1.46 bits per heavy atom. The second-order valence-electron chi connectivity index (χ2n) is 5.96. The van der Waals surface area contributed by atoms with Gasteiger partial charge in [-0.3, -0.25) is 9.48 Å². The molecule has 2 aromatic rings. The number of aromatic nitrogens is 3. The molecule has 7 nitrogen and oxygen atoms in total. The highest BCUT2D eigenvalue weighted by Crippen LogP contribution is 2.14. The highest BCUT2D eigenvalue weighted by Gasteiger charge is 2.13. The van der Waals surface area contributed by atoms with E-state index in [1.165, 1.54) is 5.69 Å². The van der Waals surface area contributed by atoms with Gasteiger partial charge in [0.2, 0.25) is 5.91 Å². The lowest BCUT2D eigenvalue weighted by molar-refractivity contribution is -0.121. The molecule has 0 saturated heterocycles. The highest BCUT2D eigenvalue weighted by molar-refractivity contribution is 5.85. The van der Waals surface area contributed by atoms with E-state index in [9.17, 15) is 4.79 Å². The van der Waals surface area contributed by atoms with Crippen LogP contribution in [0.15, 0.2) is 10.6 Å². The molecular formula is C16H24ClN5O2. The number of nitrogens with zero attached hydrogens (tertiary/aromatic N) is 3. The van der Waals surface area contributed by atoms with Gasteiger partial charge in [-0.1, -0.05) is 5.16 Å². The van der Waals surface area contributed by atoms with Crippen LogP contribution in [0.2, 0.25) is 0 Å². The van der Waals surface area contributed by atoms with Crippen LogP contribution in [-0.2, 0) is 30.8 Å². The summed E-state index contributed by atoms with van der Waals surface area (Å²) in [6.07, 6.45) is 2.16. The Hall–Kier alpha value is -1.86. The van der Waals surface area contributed by atoms with Crippen molar-refractivity contribution >= 4 is 18.3 Å². The summed E-state index contributed by atoms with van der Waals surface area (Å²) in [5, 5.41) is 14.8. The monoisotopic (exact) mass is 353 g/mol. The number of halogens is 1. The Morgan fingerprint density at radius 3 is 3.04 bits per heavy atom. The van der Waals surface area contributed by atoms with Gasteiger partial charge < -0.3 is 15.2 Å². The number of carbonyl (C=O) groups is 1. The zero-order chi connectivity index (χ0) is 16.2.